The fourth-order valence-corrected chi connectivity index (χ4v) is 4.49. The van der Waals surface area contributed by atoms with Crippen LogP contribution in [-0.2, 0) is 9.59 Å². The third kappa shape index (κ3) is 6.42. The molecule has 1 heterocycles. The van der Waals surface area contributed by atoms with E-state index in [4.69, 9.17) is 23.2 Å². The van der Waals surface area contributed by atoms with Gasteiger partial charge in [0.15, 0.2) is 5.17 Å². The Morgan fingerprint density at radius 1 is 1.08 bits per heavy atom. The van der Waals surface area contributed by atoms with E-state index >= 15 is 0 Å². The number of aliphatic imine (C=N–C) groups is 1. The molecule has 1 aliphatic heterocycles. The number of hydrogen-bond acceptors (Lipinski definition) is 5. The van der Waals surface area contributed by atoms with Gasteiger partial charge in [-0.05, 0) is 60.2 Å². The van der Waals surface area contributed by atoms with Crippen molar-refractivity contribution in [2.24, 2.45) is 4.99 Å². The number of para-hydroxylation sites is 1. The summed E-state index contributed by atoms with van der Waals surface area (Å²) < 4.78 is 29.4. The van der Waals surface area contributed by atoms with Gasteiger partial charge < -0.3 is 10.1 Å². The normalized spacial score (nSPS) is 14.4. The molecule has 0 aromatic heterocycles. The number of carbonyl (C=O) groups excluding carboxylic acids is 2. The van der Waals surface area contributed by atoms with Crippen molar-refractivity contribution < 1.29 is 23.1 Å². The quantitative estimate of drug-likeness (QED) is 0.333. The van der Waals surface area contributed by atoms with Crippen molar-refractivity contribution in [2.45, 2.75) is 6.61 Å². The van der Waals surface area contributed by atoms with Crippen LogP contribution >= 0.6 is 35.0 Å². The molecule has 0 saturated heterocycles. The third-order valence-electron chi connectivity index (χ3n) is 4.79. The maximum atomic E-state index is 13.3. The van der Waals surface area contributed by atoms with Gasteiger partial charge in [-0.1, -0.05) is 59.2 Å². The molecule has 0 atom stereocenters. The molecule has 0 radical (unpaired) electrons. The molecule has 0 unspecified atom stereocenters. The number of amides is 2. The van der Waals surface area contributed by atoms with E-state index in [-0.39, 0.29) is 28.3 Å². The van der Waals surface area contributed by atoms with E-state index in [1.807, 2.05) is 6.07 Å². The molecule has 1 N–H and O–H groups in total. The standard InChI is InChI=1S/C25H17Cl2F2N3O3S/c26-16-7-6-15(20(27)13-16)12-21-23(34)32(18-8-10-19(11-9-18)35-24(28)29)25(31-21)36-14-22(33)30-17-4-2-1-3-5-17/h1-13,24H,14H2,(H,30,33)/b21-12-. The fourth-order valence-electron chi connectivity index (χ4n) is 3.21. The number of anilines is 2. The molecule has 0 fully saturated rings. The number of thioether (sulfide) groups is 1. The monoisotopic (exact) mass is 547 g/mol. The maximum Gasteiger partial charge on any atom is 0.387 e. The molecule has 36 heavy (non-hydrogen) atoms. The van der Waals surface area contributed by atoms with Crippen LogP contribution in [0.2, 0.25) is 10.0 Å². The highest BCUT2D eigenvalue weighted by atomic mass is 35.5. The minimum Gasteiger partial charge on any atom is -0.435 e. The van der Waals surface area contributed by atoms with Gasteiger partial charge in [0.25, 0.3) is 5.91 Å². The number of rotatable bonds is 7. The predicted octanol–water partition coefficient (Wildman–Crippen LogP) is 6.71. The van der Waals surface area contributed by atoms with E-state index in [2.05, 4.69) is 15.0 Å². The summed E-state index contributed by atoms with van der Waals surface area (Å²) in [6.45, 7) is -2.97. The maximum absolute atomic E-state index is 13.3. The van der Waals surface area contributed by atoms with E-state index in [0.717, 1.165) is 11.8 Å². The second-order valence-corrected chi connectivity index (χ2v) is 9.09. The van der Waals surface area contributed by atoms with E-state index in [1.54, 1.807) is 42.5 Å². The highest BCUT2D eigenvalue weighted by molar-refractivity contribution is 8.14. The largest absolute Gasteiger partial charge is 0.435 e. The van der Waals surface area contributed by atoms with E-state index < -0.39 is 12.5 Å². The average molecular weight is 548 g/mol. The van der Waals surface area contributed by atoms with Gasteiger partial charge in [0.1, 0.15) is 11.4 Å². The number of benzene rings is 3. The van der Waals surface area contributed by atoms with Gasteiger partial charge in [0.05, 0.1) is 11.4 Å². The number of amidine groups is 1. The summed E-state index contributed by atoms with van der Waals surface area (Å²) in [5.74, 6) is -0.855. The van der Waals surface area contributed by atoms with Crippen LogP contribution in [0.3, 0.4) is 0 Å². The molecule has 6 nitrogen and oxygen atoms in total. The van der Waals surface area contributed by atoms with E-state index in [9.17, 15) is 18.4 Å². The van der Waals surface area contributed by atoms with Gasteiger partial charge in [0.2, 0.25) is 5.91 Å². The summed E-state index contributed by atoms with van der Waals surface area (Å²) in [6.07, 6.45) is 1.51. The summed E-state index contributed by atoms with van der Waals surface area (Å²) in [5, 5.41) is 3.78. The molecule has 0 aliphatic carbocycles. The number of hydrogen-bond donors (Lipinski definition) is 1. The molecular formula is C25H17Cl2F2N3O3S. The van der Waals surface area contributed by atoms with Crippen LogP contribution in [0.25, 0.3) is 6.08 Å². The van der Waals surface area contributed by atoms with Crippen molar-refractivity contribution in [3.63, 3.8) is 0 Å². The molecule has 3 aromatic rings. The smallest absolute Gasteiger partial charge is 0.387 e. The van der Waals surface area contributed by atoms with Gasteiger partial charge >= 0.3 is 6.61 Å². The molecule has 0 saturated carbocycles. The first-order chi connectivity index (χ1) is 17.3. The van der Waals surface area contributed by atoms with Gasteiger partial charge in [0, 0.05) is 15.7 Å². The van der Waals surface area contributed by atoms with Crippen LogP contribution in [0, 0.1) is 0 Å². The fraction of sp³-hybridized carbons (Fsp3) is 0.0800. The predicted molar refractivity (Wildman–Crippen MR) is 140 cm³/mol. The Morgan fingerprint density at radius 3 is 2.47 bits per heavy atom. The van der Waals surface area contributed by atoms with Gasteiger partial charge in [-0.15, -0.1) is 0 Å². The van der Waals surface area contributed by atoms with Crippen molar-refractivity contribution >= 4 is 69.4 Å². The first kappa shape index (κ1) is 25.7. The lowest BCUT2D eigenvalue weighted by molar-refractivity contribution is -0.114. The minimum absolute atomic E-state index is 0.0287. The number of carbonyl (C=O) groups is 2. The lowest BCUT2D eigenvalue weighted by atomic mass is 10.2. The third-order valence-corrected chi connectivity index (χ3v) is 6.30. The Balaban J connectivity index is 1.60. The summed E-state index contributed by atoms with van der Waals surface area (Å²) in [7, 11) is 0. The minimum atomic E-state index is -2.97. The number of ether oxygens (including phenoxy) is 1. The van der Waals surface area contributed by atoms with E-state index in [0.29, 0.717) is 27.0 Å². The van der Waals surface area contributed by atoms with Crippen molar-refractivity contribution in [2.75, 3.05) is 16.0 Å². The van der Waals surface area contributed by atoms with Crippen LogP contribution in [-0.4, -0.2) is 29.3 Å². The topological polar surface area (TPSA) is 71.0 Å². The second kappa shape index (κ2) is 11.6. The first-order valence-electron chi connectivity index (χ1n) is 10.4. The molecular weight excluding hydrogens is 531 g/mol. The van der Waals surface area contributed by atoms with Crippen molar-refractivity contribution in [1.29, 1.82) is 0 Å². The zero-order valence-electron chi connectivity index (χ0n) is 18.3. The van der Waals surface area contributed by atoms with Crippen LogP contribution in [0.1, 0.15) is 5.56 Å². The molecule has 184 valence electrons. The van der Waals surface area contributed by atoms with Crippen molar-refractivity contribution in [1.82, 2.24) is 0 Å². The Bertz CT molecular complexity index is 1340. The van der Waals surface area contributed by atoms with Crippen LogP contribution in [0.5, 0.6) is 5.75 Å². The Labute approximate surface area is 219 Å². The lowest BCUT2D eigenvalue weighted by Crippen LogP contribution is -2.31. The summed E-state index contributed by atoms with van der Waals surface area (Å²) in [4.78, 5) is 31.5. The summed E-state index contributed by atoms with van der Waals surface area (Å²) in [5.41, 5.74) is 1.61. The molecule has 0 bridgehead atoms. The molecule has 1 aliphatic rings. The SMILES string of the molecule is O=C(CSC1=N/C(=C\c2ccc(Cl)cc2Cl)C(=O)N1c1ccc(OC(F)F)cc1)Nc1ccccc1. The molecule has 2 amide bonds. The van der Waals surface area contributed by atoms with Crippen molar-refractivity contribution in [3.05, 3.63) is 94.1 Å². The Morgan fingerprint density at radius 2 is 1.81 bits per heavy atom. The number of halogens is 4. The summed E-state index contributed by atoms with van der Waals surface area (Å²) in [6, 6.07) is 19.3. The number of nitrogens with one attached hydrogen (secondary N) is 1. The summed E-state index contributed by atoms with van der Waals surface area (Å²) >= 11 is 13.3. The van der Waals surface area contributed by atoms with Gasteiger partial charge in [-0.25, -0.2) is 4.99 Å². The van der Waals surface area contributed by atoms with E-state index in [1.165, 1.54) is 35.2 Å². The van der Waals surface area contributed by atoms with Gasteiger partial charge in [-0.2, -0.15) is 8.78 Å². The van der Waals surface area contributed by atoms with Crippen molar-refractivity contribution in [3.8, 4) is 5.75 Å². The highest BCUT2D eigenvalue weighted by Gasteiger charge is 2.32. The Hall–Kier alpha value is -3.40. The van der Waals surface area contributed by atoms with Gasteiger partial charge in [-0.3, -0.25) is 14.5 Å². The Kier molecular flexibility index (Phi) is 8.25. The number of nitrogens with zero attached hydrogens (tertiary/aromatic N) is 2. The molecule has 11 heteroatoms. The lowest BCUT2D eigenvalue weighted by Gasteiger charge is -2.18. The molecule has 0 spiro atoms. The van der Waals surface area contributed by atoms with Crippen LogP contribution in [0.15, 0.2) is 83.5 Å². The highest BCUT2D eigenvalue weighted by Crippen LogP contribution is 2.32. The van der Waals surface area contributed by atoms with Crippen LogP contribution in [0.4, 0.5) is 20.2 Å². The molecule has 3 aromatic carbocycles. The zero-order chi connectivity index (χ0) is 25.7. The zero-order valence-corrected chi connectivity index (χ0v) is 20.7. The number of alkyl halides is 2. The van der Waals surface area contributed by atoms with Crippen LogP contribution < -0.4 is 15.0 Å². The second-order valence-electron chi connectivity index (χ2n) is 7.31. The average Bonchev–Trinajstić information content (AvgIpc) is 3.15. The molecule has 4 rings (SSSR count). The first-order valence-corrected chi connectivity index (χ1v) is 12.2.